The first-order chi connectivity index (χ1) is 20.7. The SMILES string of the molecule is CC(=O)N1CC2CC(c3ccc(OCCO)cc3)=C(C(=O)N(C)CCc3ccccc3)C(C1)N2C(=O)OC(C)(C)C(Cl)(Cl)Cl. The van der Waals surface area contributed by atoms with E-state index in [9.17, 15) is 14.4 Å². The zero-order chi connectivity index (χ0) is 32.2. The number of rotatable bonds is 9. The lowest BCUT2D eigenvalue weighted by atomic mass is 9.81. The molecule has 2 atom stereocenters. The van der Waals surface area contributed by atoms with Gasteiger partial charge in [-0.25, -0.2) is 4.79 Å². The summed E-state index contributed by atoms with van der Waals surface area (Å²) in [7, 11) is 1.73. The number of likely N-dealkylation sites (N-methyl/N-ethyl adjacent to an activating group) is 1. The zero-order valence-corrected chi connectivity index (χ0v) is 27.5. The standard InChI is InChI=1S/C32H38Cl3N3O6/c1-21(40)37-19-24-18-26(23-10-12-25(13-11-23)43-17-16-39)28(29(41)36(4)15-14-22-8-6-5-7-9-22)27(20-37)38(24)30(42)44-31(2,3)32(33,34)35/h5-13,24,27,39H,14-20H2,1-4H3. The Morgan fingerprint density at radius 1 is 1.02 bits per heavy atom. The Morgan fingerprint density at radius 3 is 2.27 bits per heavy atom. The van der Waals surface area contributed by atoms with Gasteiger partial charge in [0.25, 0.3) is 5.91 Å². The average Bonchev–Trinajstić information content (AvgIpc) is 2.97. The van der Waals surface area contributed by atoms with E-state index in [4.69, 9.17) is 49.4 Å². The number of alkyl halides is 3. The molecule has 1 N–H and O–H groups in total. The molecule has 2 aliphatic rings. The Labute approximate surface area is 273 Å². The fourth-order valence-electron chi connectivity index (χ4n) is 5.48. The van der Waals surface area contributed by atoms with Crippen molar-refractivity contribution in [1.29, 1.82) is 0 Å². The van der Waals surface area contributed by atoms with Crippen LogP contribution in [0.4, 0.5) is 4.79 Å². The molecule has 1 fully saturated rings. The van der Waals surface area contributed by atoms with Crippen LogP contribution in [-0.2, 0) is 20.7 Å². The van der Waals surface area contributed by atoms with Gasteiger partial charge in [-0.3, -0.25) is 14.5 Å². The third-order valence-electron chi connectivity index (χ3n) is 8.05. The van der Waals surface area contributed by atoms with Crippen LogP contribution < -0.4 is 4.74 Å². The first-order valence-electron chi connectivity index (χ1n) is 14.4. The van der Waals surface area contributed by atoms with Crippen LogP contribution >= 0.6 is 34.8 Å². The molecule has 0 radical (unpaired) electrons. The van der Waals surface area contributed by atoms with Gasteiger partial charge in [0.05, 0.1) is 18.7 Å². The van der Waals surface area contributed by atoms with E-state index in [0.29, 0.717) is 24.3 Å². The summed E-state index contributed by atoms with van der Waals surface area (Å²) >= 11 is 18.4. The largest absolute Gasteiger partial charge is 0.491 e. The predicted molar refractivity (Wildman–Crippen MR) is 171 cm³/mol. The summed E-state index contributed by atoms with van der Waals surface area (Å²) in [5.74, 6) is 0.158. The van der Waals surface area contributed by atoms with Crippen LogP contribution in [-0.4, -0.2) is 99.1 Å². The van der Waals surface area contributed by atoms with Crippen molar-refractivity contribution < 1.29 is 29.0 Å². The van der Waals surface area contributed by atoms with Crippen molar-refractivity contribution in [2.24, 2.45) is 0 Å². The van der Waals surface area contributed by atoms with Gasteiger partial charge in [-0.2, -0.15) is 0 Å². The Bertz CT molecular complexity index is 1380. The smallest absolute Gasteiger partial charge is 0.411 e. The number of benzene rings is 2. The second-order valence-corrected chi connectivity index (χ2v) is 13.8. The molecular formula is C32H38Cl3N3O6. The van der Waals surface area contributed by atoms with E-state index in [1.807, 2.05) is 42.5 Å². The monoisotopic (exact) mass is 665 g/mol. The van der Waals surface area contributed by atoms with Gasteiger partial charge in [-0.05, 0) is 55.5 Å². The molecule has 0 aliphatic carbocycles. The van der Waals surface area contributed by atoms with Crippen LogP contribution in [0.1, 0.15) is 38.3 Å². The summed E-state index contributed by atoms with van der Waals surface area (Å²) in [6.07, 6.45) is 0.190. The van der Waals surface area contributed by atoms with E-state index >= 15 is 0 Å². The molecule has 0 aromatic heterocycles. The zero-order valence-electron chi connectivity index (χ0n) is 25.3. The summed E-state index contributed by atoms with van der Waals surface area (Å²) in [5.41, 5.74) is 1.58. The fourth-order valence-corrected chi connectivity index (χ4v) is 5.60. The number of carbonyl (C=O) groups is 3. The number of carbonyl (C=O) groups excluding carboxylic acids is 3. The average molecular weight is 667 g/mol. The maximum absolute atomic E-state index is 14.4. The van der Waals surface area contributed by atoms with Gasteiger partial charge in [0.1, 0.15) is 12.4 Å². The van der Waals surface area contributed by atoms with E-state index in [-0.39, 0.29) is 44.5 Å². The molecule has 0 saturated carbocycles. The third kappa shape index (κ3) is 7.62. The summed E-state index contributed by atoms with van der Waals surface area (Å²) in [6.45, 7) is 5.31. The van der Waals surface area contributed by atoms with Crippen LogP contribution in [0.15, 0.2) is 60.2 Å². The number of nitrogens with zero attached hydrogens (tertiary/aromatic N) is 3. The molecule has 1 saturated heterocycles. The van der Waals surface area contributed by atoms with Gasteiger partial charge in [0, 0.05) is 39.2 Å². The number of aliphatic hydroxyl groups is 1. The molecule has 238 valence electrons. The Hall–Kier alpha value is -2.98. The highest BCUT2D eigenvalue weighted by Gasteiger charge is 2.51. The summed E-state index contributed by atoms with van der Waals surface area (Å²) in [5, 5.41) is 9.12. The van der Waals surface area contributed by atoms with E-state index in [1.165, 1.54) is 25.7 Å². The molecular weight excluding hydrogens is 629 g/mol. The molecule has 2 aromatic carbocycles. The van der Waals surface area contributed by atoms with Crippen LogP contribution in [0.2, 0.25) is 0 Å². The van der Waals surface area contributed by atoms with Gasteiger partial charge < -0.3 is 24.4 Å². The molecule has 2 aromatic rings. The fraction of sp³-hybridized carbons (Fsp3) is 0.469. The Morgan fingerprint density at radius 2 is 1.68 bits per heavy atom. The van der Waals surface area contributed by atoms with E-state index in [2.05, 4.69) is 0 Å². The predicted octanol–water partition coefficient (Wildman–Crippen LogP) is 5.10. The van der Waals surface area contributed by atoms with Crippen molar-refractivity contribution in [2.75, 3.05) is 39.9 Å². The number of piperazine rings is 1. The van der Waals surface area contributed by atoms with E-state index in [1.54, 1.807) is 29.0 Å². The number of hydrogen-bond acceptors (Lipinski definition) is 6. The molecule has 4 rings (SSSR count). The number of fused-ring (bicyclic) bond motifs is 2. The molecule has 3 amide bonds. The molecule has 0 spiro atoms. The van der Waals surface area contributed by atoms with E-state index in [0.717, 1.165) is 16.7 Å². The second-order valence-electron chi connectivity index (χ2n) is 11.5. The highest BCUT2D eigenvalue weighted by Crippen LogP contribution is 2.43. The number of amides is 3. The van der Waals surface area contributed by atoms with Gasteiger partial charge in [0.2, 0.25) is 9.70 Å². The highest BCUT2D eigenvalue weighted by molar-refractivity contribution is 6.68. The quantitative estimate of drug-likeness (QED) is 0.374. The number of ether oxygens (including phenoxy) is 2. The molecule has 12 heteroatoms. The van der Waals surface area contributed by atoms with Crippen molar-refractivity contribution >= 4 is 58.3 Å². The Balaban J connectivity index is 1.77. The highest BCUT2D eigenvalue weighted by atomic mass is 35.6. The maximum Gasteiger partial charge on any atom is 0.411 e. The summed E-state index contributed by atoms with van der Waals surface area (Å²) < 4.78 is 9.39. The lowest BCUT2D eigenvalue weighted by molar-refractivity contribution is -0.135. The van der Waals surface area contributed by atoms with Gasteiger partial charge in [-0.15, -0.1) is 0 Å². The van der Waals surface area contributed by atoms with Crippen LogP contribution in [0.5, 0.6) is 5.75 Å². The van der Waals surface area contributed by atoms with Crippen LogP contribution in [0, 0.1) is 0 Å². The first kappa shape index (κ1) is 33.9. The van der Waals surface area contributed by atoms with Crippen molar-refractivity contribution in [3.05, 3.63) is 71.3 Å². The normalized spacial score (nSPS) is 18.6. The lowest BCUT2D eigenvalue weighted by Gasteiger charge is -2.51. The van der Waals surface area contributed by atoms with E-state index < -0.39 is 27.6 Å². The molecule has 2 unspecified atom stereocenters. The van der Waals surface area contributed by atoms with Gasteiger partial charge >= 0.3 is 6.09 Å². The second kappa shape index (κ2) is 14.0. The summed E-state index contributed by atoms with van der Waals surface area (Å²) in [4.78, 5) is 45.6. The van der Waals surface area contributed by atoms with Crippen molar-refractivity contribution in [1.82, 2.24) is 14.7 Å². The number of halogens is 3. The van der Waals surface area contributed by atoms with Gasteiger partial charge in [-0.1, -0.05) is 77.3 Å². The maximum atomic E-state index is 14.4. The molecule has 44 heavy (non-hydrogen) atoms. The van der Waals surface area contributed by atoms with Crippen molar-refractivity contribution in [3.8, 4) is 5.75 Å². The number of aliphatic hydroxyl groups excluding tert-OH is 1. The third-order valence-corrected chi connectivity index (χ3v) is 9.42. The molecule has 2 aliphatic heterocycles. The molecule has 2 heterocycles. The number of hydrogen-bond donors (Lipinski definition) is 1. The van der Waals surface area contributed by atoms with Crippen molar-refractivity contribution in [2.45, 2.75) is 55.1 Å². The Kier molecular flexibility index (Phi) is 10.8. The molecule has 2 bridgehead atoms. The minimum atomic E-state index is -1.91. The first-order valence-corrected chi connectivity index (χ1v) is 15.6. The van der Waals surface area contributed by atoms with Gasteiger partial charge in [0.15, 0.2) is 5.60 Å². The lowest BCUT2D eigenvalue weighted by Crippen LogP contribution is -2.65. The topological polar surface area (TPSA) is 99.6 Å². The van der Waals surface area contributed by atoms with Crippen LogP contribution in [0.25, 0.3) is 5.57 Å². The minimum absolute atomic E-state index is 0.101. The minimum Gasteiger partial charge on any atom is -0.491 e. The summed E-state index contributed by atoms with van der Waals surface area (Å²) in [6, 6.07) is 15.8. The van der Waals surface area contributed by atoms with Crippen LogP contribution in [0.3, 0.4) is 0 Å². The van der Waals surface area contributed by atoms with Crippen molar-refractivity contribution in [3.63, 3.8) is 0 Å². The molecule has 9 nitrogen and oxygen atoms in total.